The number of benzene rings is 3. The molecule has 0 aliphatic heterocycles. The molecule has 0 radical (unpaired) electrons. The van der Waals surface area contributed by atoms with Crippen LogP contribution in [0.15, 0.2) is 84.2 Å². The lowest BCUT2D eigenvalue weighted by molar-refractivity contribution is 0.0470. The van der Waals surface area contributed by atoms with Gasteiger partial charge < -0.3 is 133 Å². The monoisotopic (exact) mass is 1930 g/mol. The molecule has 0 heterocycles. The smallest absolute Gasteiger partial charge is 0.374 e. The van der Waals surface area contributed by atoms with Gasteiger partial charge in [0.25, 0.3) is 0 Å². The number of hydrogen-bond donors (Lipinski definition) is 0. The van der Waals surface area contributed by atoms with Crippen LogP contribution in [0.2, 0.25) is 17.8 Å². The van der Waals surface area contributed by atoms with Gasteiger partial charge in [-0.05, 0) is 230 Å². The highest BCUT2D eigenvalue weighted by Crippen LogP contribution is 2.30. The summed E-state index contributed by atoms with van der Waals surface area (Å²) >= 11 is 0. The normalized spacial score (nSPS) is 12.7. The lowest BCUT2D eigenvalue weighted by Crippen LogP contribution is -2.59. The van der Waals surface area contributed by atoms with Crippen molar-refractivity contribution in [3.05, 3.63) is 84.2 Å². The van der Waals surface area contributed by atoms with Gasteiger partial charge >= 0.3 is 88.0 Å². The SMILES string of the molecule is CCO[Si](C=C[Si](OCC)(OCC)OCC)(OCC)OCC.CCO[Si](CC[Si](OCC)(OCC)OCC)(OCC)OCC.CCO[Si](C[Si](OCC)(OCC)OCC)(OCC)OCC.CCO[Si](OCC)(OCC)c1ccc(-c2ccc([Si](OCC)(OCC)OCC)cc2)cc1.CCO[Si](OCC)(OCC)c1ccc([Si](OCC)(OCC)OCC)cc1. The van der Waals surface area contributed by atoms with Gasteiger partial charge in [-0.25, -0.2) is 0 Å². The van der Waals surface area contributed by atoms with Crippen molar-refractivity contribution in [3.8, 4) is 11.1 Å². The largest absolute Gasteiger partial charge is 0.537 e. The van der Waals surface area contributed by atoms with Gasteiger partial charge in [0.15, 0.2) is 0 Å². The number of hydrogen-bond acceptors (Lipinski definition) is 30. The Labute approximate surface area is 756 Å². The fraction of sp³-hybridized carbons (Fsp3) is 0.759. The van der Waals surface area contributed by atoms with Crippen molar-refractivity contribution in [3.63, 3.8) is 0 Å². The molecular formula is C83H170O30Si10. The minimum atomic E-state index is -2.92. The van der Waals surface area contributed by atoms with Crippen LogP contribution >= 0.6 is 0 Å². The zero-order chi connectivity index (χ0) is 92.9. The van der Waals surface area contributed by atoms with Gasteiger partial charge in [-0.1, -0.05) is 72.8 Å². The van der Waals surface area contributed by atoms with Gasteiger partial charge in [-0.2, -0.15) is 0 Å². The van der Waals surface area contributed by atoms with E-state index in [0.29, 0.717) is 216 Å². The molecule has 3 aromatic carbocycles. The van der Waals surface area contributed by atoms with Crippen LogP contribution in [-0.2, 0) is 133 Å². The van der Waals surface area contributed by atoms with Gasteiger partial charge in [0, 0.05) is 231 Å². The molecule has 0 aliphatic rings. The quantitative estimate of drug-likeness (QED) is 0.0475. The maximum absolute atomic E-state index is 6.02. The van der Waals surface area contributed by atoms with E-state index in [0.717, 1.165) is 31.9 Å². The van der Waals surface area contributed by atoms with Gasteiger partial charge in [0.1, 0.15) is 0 Å². The van der Waals surface area contributed by atoms with E-state index in [1.54, 1.807) is 0 Å². The molecule has 3 rings (SSSR count). The molecule has 0 saturated carbocycles. The van der Waals surface area contributed by atoms with Crippen LogP contribution in [0.5, 0.6) is 0 Å². The van der Waals surface area contributed by atoms with Crippen LogP contribution in [0.1, 0.15) is 208 Å². The molecule has 0 amide bonds. The van der Waals surface area contributed by atoms with Crippen molar-refractivity contribution < 1.29 is 133 Å². The van der Waals surface area contributed by atoms with E-state index in [1.165, 1.54) is 0 Å². The Hall–Kier alpha value is -1.63. The molecule has 0 N–H and O–H groups in total. The molecule has 0 saturated heterocycles. The average Bonchev–Trinajstić information content (AvgIpc) is 0.805. The maximum atomic E-state index is 6.02. The minimum absolute atomic E-state index is 0.449. The van der Waals surface area contributed by atoms with Crippen molar-refractivity contribution in [1.82, 2.24) is 0 Å². The van der Waals surface area contributed by atoms with Crippen molar-refractivity contribution >= 4 is 109 Å². The summed E-state index contributed by atoms with van der Waals surface area (Å²) in [6.07, 6.45) is 0. The average molecular weight is 1930 g/mol. The lowest BCUT2D eigenvalue weighted by atomic mass is 10.1. The first kappa shape index (κ1) is 123. The summed E-state index contributed by atoms with van der Waals surface area (Å²) in [7, 11) is -28.5. The van der Waals surface area contributed by atoms with Gasteiger partial charge in [-0.3, -0.25) is 0 Å². The van der Waals surface area contributed by atoms with Gasteiger partial charge in [-0.15, -0.1) is 0 Å². The molecule has 123 heavy (non-hydrogen) atoms. The van der Waals surface area contributed by atoms with E-state index >= 15 is 0 Å². The van der Waals surface area contributed by atoms with Gasteiger partial charge in [0.05, 0.1) is 5.67 Å². The van der Waals surface area contributed by atoms with Crippen LogP contribution in [0.3, 0.4) is 0 Å². The molecule has 0 bridgehead atoms. The summed E-state index contributed by atoms with van der Waals surface area (Å²) in [4.78, 5) is 0. The first-order chi connectivity index (χ1) is 59.3. The predicted octanol–water partition coefficient (Wildman–Crippen LogP) is 14.5. The Balaban J connectivity index is 0. The molecule has 722 valence electrons. The molecule has 3 aromatic rings. The van der Waals surface area contributed by atoms with Crippen molar-refractivity contribution in [1.29, 1.82) is 0 Å². The van der Waals surface area contributed by atoms with Crippen LogP contribution < -0.4 is 20.7 Å². The highest BCUT2D eigenvalue weighted by molar-refractivity contribution is 6.80. The van der Waals surface area contributed by atoms with Crippen LogP contribution in [0, 0.1) is 0 Å². The van der Waals surface area contributed by atoms with E-state index < -0.39 is 88.0 Å². The highest BCUT2D eigenvalue weighted by Gasteiger charge is 2.57. The summed E-state index contributed by atoms with van der Waals surface area (Å²) in [5.74, 6) is 0. The third kappa shape index (κ3) is 43.7. The molecule has 0 aromatic heterocycles. The zero-order valence-corrected chi connectivity index (χ0v) is 91.7. The summed E-state index contributed by atoms with van der Waals surface area (Å²) in [5, 5.41) is 3.80. The van der Waals surface area contributed by atoms with Crippen LogP contribution in [-0.4, -0.2) is 286 Å². The molecule has 0 atom stereocenters. The molecule has 40 heteroatoms. The Morgan fingerprint density at radius 3 is 0.407 bits per heavy atom. The zero-order valence-electron chi connectivity index (χ0n) is 81.7. The molecule has 0 fully saturated rings. The van der Waals surface area contributed by atoms with E-state index in [4.69, 9.17) is 133 Å². The predicted molar refractivity (Wildman–Crippen MR) is 507 cm³/mol. The van der Waals surface area contributed by atoms with Crippen molar-refractivity contribution in [2.75, 3.05) is 198 Å². The van der Waals surface area contributed by atoms with E-state index in [-0.39, 0.29) is 0 Å². The Kier molecular flexibility index (Phi) is 73.2. The fourth-order valence-corrected chi connectivity index (χ4v) is 41.9. The minimum Gasteiger partial charge on any atom is -0.374 e. The third-order valence-corrected chi connectivity index (χ3v) is 48.8. The van der Waals surface area contributed by atoms with Crippen LogP contribution in [0.4, 0.5) is 0 Å². The standard InChI is InChI=1S/C24H38O6Si2.C18H34O6Si2.C14H34O6Si2.C14H32O6Si2.C13H32O6Si2/c1-7-25-31(26-8-2,27-9-3)23-17-13-21(14-18-23)22-15-19-24(20-16-22)32(28-10-4,29-11-5)30-12-6;1-7-19-25(20-8-2,21-9-3)17-13-15-18(16-14-17)26(22-10-4,23-11-5)24-12-6;2*1-7-15-21(16-8-2,17-9-3)13-14-22(18-10-4,19-11-5)20-12-6;1-7-14-20(15-8-2,16-9-3)13-21(17-10-4,18-11-5)19-12-6/h13-20H,7-12H2,1-6H3;13-16H,7-12H2,1-6H3;7-14H2,1-6H3;13-14H,7-12H2,1-6H3;7-13H2,1-6H3. The summed E-state index contributed by atoms with van der Waals surface area (Å²) in [5.41, 5.74) is 6.34. The highest BCUT2D eigenvalue weighted by atomic mass is 28.5. The van der Waals surface area contributed by atoms with Gasteiger partial charge in [0.2, 0.25) is 0 Å². The first-order valence-electron chi connectivity index (χ1n) is 45.5. The fourth-order valence-electron chi connectivity index (χ4n) is 12.8. The second kappa shape index (κ2) is 72.9. The van der Waals surface area contributed by atoms with Crippen LogP contribution in [0.25, 0.3) is 11.1 Å². The van der Waals surface area contributed by atoms with E-state index in [1.807, 2.05) is 243 Å². The van der Waals surface area contributed by atoms with E-state index in [2.05, 4.69) is 48.5 Å². The molecular weight excluding hydrogens is 1760 g/mol. The summed E-state index contributed by atoms with van der Waals surface area (Å²) < 4.78 is 178. The molecule has 0 aliphatic carbocycles. The Morgan fingerprint density at radius 2 is 0.276 bits per heavy atom. The topological polar surface area (TPSA) is 277 Å². The first-order valence-corrected chi connectivity index (χ1v) is 63.8. The summed E-state index contributed by atoms with van der Waals surface area (Å²) in [6.45, 7) is 74.5. The lowest BCUT2D eigenvalue weighted by Gasteiger charge is -2.35. The third-order valence-electron chi connectivity index (χ3n) is 16.5. The molecule has 0 unspecified atom stereocenters. The summed E-state index contributed by atoms with van der Waals surface area (Å²) in [6, 6.07) is 25.8. The Morgan fingerprint density at radius 1 is 0.154 bits per heavy atom. The van der Waals surface area contributed by atoms with Crippen molar-refractivity contribution in [2.24, 2.45) is 0 Å². The van der Waals surface area contributed by atoms with E-state index in [9.17, 15) is 0 Å². The second-order valence-electron chi connectivity index (χ2n) is 24.9. The second-order valence-corrected chi connectivity index (χ2v) is 51.3. The molecule has 0 spiro atoms. The molecule has 30 nitrogen and oxygen atoms in total. The van der Waals surface area contributed by atoms with Crippen molar-refractivity contribution in [2.45, 2.75) is 225 Å². The number of rotatable bonds is 72. The Bertz CT molecular complexity index is 2590. The maximum Gasteiger partial charge on any atom is 0.537 e.